The molecule has 0 aliphatic heterocycles. The first-order valence-corrected chi connectivity index (χ1v) is 9.02. The Kier molecular flexibility index (Phi) is 5.16. The van der Waals surface area contributed by atoms with Crippen LogP contribution in [-0.2, 0) is 18.4 Å². The van der Waals surface area contributed by atoms with E-state index in [1.165, 1.54) is 37.1 Å². The molecule has 1 unspecified atom stereocenters. The van der Waals surface area contributed by atoms with Crippen molar-refractivity contribution in [2.45, 2.75) is 64.0 Å². The number of nitrogens with zero attached hydrogens (tertiary/aromatic N) is 2. The summed E-state index contributed by atoms with van der Waals surface area (Å²) in [5, 5.41) is 3.80. The lowest BCUT2D eigenvalue weighted by molar-refractivity contribution is 0.362. The highest BCUT2D eigenvalue weighted by molar-refractivity contribution is 5.27. The molecule has 1 aromatic carbocycles. The average Bonchev–Trinajstić information content (AvgIpc) is 3.23. The van der Waals surface area contributed by atoms with Crippen molar-refractivity contribution < 1.29 is 0 Å². The minimum absolute atomic E-state index is 0.331. The van der Waals surface area contributed by atoms with Gasteiger partial charge in [-0.2, -0.15) is 0 Å². The molecule has 0 saturated heterocycles. The van der Waals surface area contributed by atoms with E-state index < -0.39 is 0 Å². The topological polar surface area (TPSA) is 29.9 Å². The molecule has 1 aliphatic carbocycles. The lowest BCUT2D eigenvalue weighted by Gasteiger charge is -2.32. The van der Waals surface area contributed by atoms with Gasteiger partial charge in [-0.1, -0.05) is 50.1 Å². The third-order valence-corrected chi connectivity index (χ3v) is 5.32. The Morgan fingerprint density at radius 1 is 1.22 bits per heavy atom. The van der Waals surface area contributed by atoms with Gasteiger partial charge in [0, 0.05) is 43.4 Å². The standard InChI is InChI=1S/C20H29N3/c1-3-19-21-13-14-23(19)15-17(2)22-16-20(11-7-8-12-20)18-9-5-4-6-10-18/h4-6,9-10,13-14,17,22H,3,7-8,11-12,15-16H2,1-2H3. The zero-order valence-electron chi connectivity index (χ0n) is 14.5. The maximum atomic E-state index is 4.42. The van der Waals surface area contributed by atoms with Crippen molar-refractivity contribution >= 4 is 0 Å². The van der Waals surface area contributed by atoms with Gasteiger partial charge in [0.1, 0.15) is 5.82 Å². The van der Waals surface area contributed by atoms with E-state index in [1.54, 1.807) is 0 Å². The zero-order chi connectivity index (χ0) is 16.1. The summed E-state index contributed by atoms with van der Waals surface area (Å²) in [5.41, 5.74) is 1.84. The van der Waals surface area contributed by atoms with Crippen LogP contribution in [0.3, 0.4) is 0 Å². The van der Waals surface area contributed by atoms with E-state index >= 15 is 0 Å². The summed E-state index contributed by atoms with van der Waals surface area (Å²) in [6.07, 6.45) is 10.3. The molecule has 1 heterocycles. The first kappa shape index (κ1) is 16.3. The highest BCUT2D eigenvalue weighted by Crippen LogP contribution is 2.40. The van der Waals surface area contributed by atoms with E-state index in [2.05, 4.69) is 65.2 Å². The Bertz CT molecular complexity index is 596. The summed E-state index contributed by atoms with van der Waals surface area (Å²) in [6.45, 7) is 6.52. The molecule has 0 radical (unpaired) electrons. The molecule has 1 fully saturated rings. The molecule has 0 spiro atoms. The summed E-state index contributed by atoms with van der Waals surface area (Å²) in [6, 6.07) is 11.5. The smallest absolute Gasteiger partial charge is 0.108 e. The predicted octanol–water partition coefficient (Wildman–Crippen LogP) is 3.94. The molecule has 3 heteroatoms. The Balaban J connectivity index is 1.63. The largest absolute Gasteiger partial charge is 0.333 e. The second-order valence-corrected chi connectivity index (χ2v) is 6.98. The van der Waals surface area contributed by atoms with Crippen LogP contribution in [0.15, 0.2) is 42.7 Å². The van der Waals surface area contributed by atoms with E-state index in [1.807, 2.05) is 6.20 Å². The van der Waals surface area contributed by atoms with E-state index in [-0.39, 0.29) is 0 Å². The van der Waals surface area contributed by atoms with E-state index in [0.717, 1.165) is 19.5 Å². The molecular formula is C20H29N3. The molecule has 1 saturated carbocycles. The predicted molar refractivity (Wildman–Crippen MR) is 95.7 cm³/mol. The van der Waals surface area contributed by atoms with Gasteiger partial charge in [-0.3, -0.25) is 0 Å². The van der Waals surface area contributed by atoms with Crippen molar-refractivity contribution in [3.8, 4) is 0 Å². The van der Waals surface area contributed by atoms with Gasteiger partial charge in [-0.25, -0.2) is 4.98 Å². The van der Waals surface area contributed by atoms with Crippen molar-refractivity contribution in [2.24, 2.45) is 0 Å². The Morgan fingerprint density at radius 3 is 2.65 bits per heavy atom. The van der Waals surface area contributed by atoms with Crippen LogP contribution >= 0.6 is 0 Å². The molecular weight excluding hydrogens is 282 g/mol. The molecule has 3 nitrogen and oxygen atoms in total. The second-order valence-electron chi connectivity index (χ2n) is 6.98. The summed E-state index contributed by atoms with van der Waals surface area (Å²) < 4.78 is 2.28. The second kappa shape index (κ2) is 7.31. The summed E-state index contributed by atoms with van der Waals surface area (Å²) in [7, 11) is 0. The van der Waals surface area contributed by atoms with Crippen molar-refractivity contribution in [3.05, 3.63) is 54.1 Å². The van der Waals surface area contributed by atoms with Gasteiger partial charge < -0.3 is 9.88 Å². The van der Waals surface area contributed by atoms with Crippen LogP contribution in [0.5, 0.6) is 0 Å². The molecule has 2 aromatic rings. The van der Waals surface area contributed by atoms with Crippen molar-refractivity contribution in [1.29, 1.82) is 0 Å². The molecule has 1 N–H and O–H groups in total. The minimum atomic E-state index is 0.331. The van der Waals surface area contributed by atoms with Crippen LogP contribution in [0.25, 0.3) is 0 Å². The van der Waals surface area contributed by atoms with Crippen LogP contribution in [0.4, 0.5) is 0 Å². The molecule has 1 aliphatic rings. The maximum Gasteiger partial charge on any atom is 0.108 e. The molecule has 124 valence electrons. The van der Waals surface area contributed by atoms with E-state index in [9.17, 15) is 0 Å². The number of rotatable bonds is 7. The summed E-state index contributed by atoms with van der Waals surface area (Å²) in [4.78, 5) is 4.42. The Morgan fingerprint density at radius 2 is 1.96 bits per heavy atom. The highest BCUT2D eigenvalue weighted by Gasteiger charge is 2.35. The molecule has 23 heavy (non-hydrogen) atoms. The van der Waals surface area contributed by atoms with Crippen molar-refractivity contribution in [3.63, 3.8) is 0 Å². The van der Waals surface area contributed by atoms with Crippen LogP contribution in [-0.4, -0.2) is 22.1 Å². The molecule has 1 atom stereocenters. The molecule has 3 rings (SSSR count). The molecule has 0 bridgehead atoms. The average molecular weight is 311 g/mol. The van der Waals surface area contributed by atoms with Crippen LogP contribution in [0.1, 0.15) is 50.9 Å². The highest BCUT2D eigenvalue weighted by atomic mass is 15.1. The van der Waals surface area contributed by atoms with Gasteiger partial charge in [0.15, 0.2) is 0 Å². The Hall–Kier alpha value is -1.61. The zero-order valence-corrected chi connectivity index (χ0v) is 14.5. The fourth-order valence-corrected chi connectivity index (χ4v) is 3.96. The van der Waals surface area contributed by atoms with Crippen LogP contribution in [0.2, 0.25) is 0 Å². The van der Waals surface area contributed by atoms with Gasteiger partial charge in [-0.15, -0.1) is 0 Å². The lowest BCUT2D eigenvalue weighted by Crippen LogP contribution is -2.41. The molecule has 1 aromatic heterocycles. The number of aryl methyl sites for hydroxylation is 1. The number of aromatic nitrogens is 2. The third kappa shape index (κ3) is 3.66. The van der Waals surface area contributed by atoms with E-state index in [0.29, 0.717) is 11.5 Å². The van der Waals surface area contributed by atoms with Crippen molar-refractivity contribution in [1.82, 2.24) is 14.9 Å². The van der Waals surface area contributed by atoms with Crippen molar-refractivity contribution in [2.75, 3.05) is 6.54 Å². The molecule has 0 amide bonds. The number of imidazole rings is 1. The SMILES string of the molecule is CCc1nccn1CC(C)NCC1(c2ccccc2)CCCC1. The number of benzene rings is 1. The van der Waals surface area contributed by atoms with Gasteiger partial charge in [0.05, 0.1) is 0 Å². The number of hydrogen-bond acceptors (Lipinski definition) is 2. The first-order chi connectivity index (χ1) is 11.2. The summed E-state index contributed by atoms with van der Waals surface area (Å²) in [5.74, 6) is 1.18. The monoisotopic (exact) mass is 311 g/mol. The maximum absolute atomic E-state index is 4.42. The van der Waals surface area contributed by atoms with Crippen LogP contribution in [0, 0.1) is 0 Å². The third-order valence-electron chi connectivity index (χ3n) is 5.32. The van der Waals surface area contributed by atoms with E-state index in [4.69, 9.17) is 0 Å². The van der Waals surface area contributed by atoms with Gasteiger partial charge in [0.2, 0.25) is 0 Å². The van der Waals surface area contributed by atoms with Gasteiger partial charge in [-0.05, 0) is 25.3 Å². The Labute approximate surface area is 140 Å². The normalized spacial score (nSPS) is 18.2. The first-order valence-electron chi connectivity index (χ1n) is 9.02. The summed E-state index contributed by atoms with van der Waals surface area (Å²) >= 11 is 0. The van der Waals surface area contributed by atoms with Crippen LogP contribution < -0.4 is 5.32 Å². The van der Waals surface area contributed by atoms with Gasteiger partial charge >= 0.3 is 0 Å². The minimum Gasteiger partial charge on any atom is -0.333 e. The fraction of sp³-hybridized carbons (Fsp3) is 0.550. The fourth-order valence-electron chi connectivity index (χ4n) is 3.96. The number of hydrogen-bond donors (Lipinski definition) is 1. The quantitative estimate of drug-likeness (QED) is 0.839. The number of nitrogens with one attached hydrogen (secondary N) is 1. The lowest BCUT2D eigenvalue weighted by atomic mass is 9.78. The van der Waals surface area contributed by atoms with Gasteiger partial charge in [0.25, 0.3) is 0 Å².